The van der Waals surface area contributed by atoms with Crippen LogP contribution in [-0.4, -0.2) is 23.6 Å². The van der Waals surface area contributed by atoms with Crippen molar-refractivity contribution in [3.05, 3.63) is 100 Å². The second-order valence-electron chi connectivity index (χ2n) is 7.19. The number of nitrogens with one attached hydrogen (secondary N) is 1. The summed E-state index contributed by atoms with van der Waals surface area (Å²) in [4.78, 5) is 36.1. The predicted octanol–water partition coefficient (Wildman–Crippen LogP) is 3.81. The molecule has 0 aliphatic carbocycles. The molecule has 3 aromatic carbocycles. The van der Waals surface area contributed by atoms with E-state index in [2.05, 4.69) is 17.2 Å². The number of aromatic nitrogens is 1. The van der Waals surface area contributed by atoms with Crippen LogP contribution < -0.4 is 11.1 Å². The van der Waals surface area contributed by atoms with E-state index in [1.807, 2.05) is 12.1 Å². The minimum Gasteiger partial charge on any atom is -0.465 e. The Labute approximate surface area is 189 Å². The highest BCUT2D eigenvalue weighted by molar-refractivity contribution is 5.91. The summed E-state index contributed by atoms with van der Waals surface area (Å²) in [5.41, 5.74) is 3.54. The number of oxazole rings is 1. The Kier molecular flexibility index (Phi) is 6.37. The number of rotatable bonds is 5. The van der Waals surface area contributed by atoms with E-state index < -0.39 is 11.7 Å². The Morgan fingerprint density at radius 3 is 2.48 bits per heavy atom. The van der Waals surface area contributed by atoms with Crippen LogP contribution in [0.15, 0.2) is 82.0 Å². The van der Waals surface area contributed by atoms with Gasteiger partial charge in [0.25, 0.3) is 0 Å². The van der Waals surface area contributed by atoms with E-state index in [0.717, 1.165) is 0 Å². The summed E-state index contributed by atoms with van der Waals surface area (Å²) in [6, 6.07) is 21.1. The molecule has 164 valence electrons. The molecule has 0 fully saturated rings. The zero-order valence-corrected chi connectivity index (χ0v) is 17.8. The summed E-state index contributed by atoms with van der Waals surface area (Å²) >= 11 is 0. The van der Waals surface area contributed by atoms with E-state index in [-0.39, 0.29) is 18.9 Å². The number of hydrogen-bond donors (Lipinski definition) is 1. The van der Waals surface area contributed by atoms with Crippen molar-refractivity contribution in [1.29, 1.82) is 0 Å². The van der Waals surface area contributed by atoms with E-state index >= 15 is 0 Å². The first kappa shape index (κ1) is 21.7. The SMILES string of the molecule is COC(=O)c1cccc(C#Cc2cccc(NC(=O)CCn3c(=O)oc4ccccc43)c2)c1. The Hall–Kier alpha value is -4.57. The van der Waals surface area contributed by atoms with Crippen molar-refractivity contribution in [2.75, 3.05) is 12.4 Å². The lowest BCUT2D eigenvalue weighted by Gasteiger charge is -2.06. The second kappa shape index (κ2) is 9.71. The molecule has 0 saturated heterocycles. The molecule has 4 rings (SSSR count). The van der Waals surface area contributed by atoms with Crippen LogP contribution in [0.1, 0.15) is 27.9 Å². The number of para-hydroxylation sites is 2. The fraction of sp³-hybridized carbons (Fsp3) is 0.115. The van der Waals surface area contributed by atoms with Crippen LogP contribution >= 0.6 is 0 Å². The summed E-state index contributed by atoms with van der Waals surface area (Å²) in [6.07, 6.45) is 0.111. The molecule has 1 heterocycles. The molecule has 7 nitrogen and oxygen atoms in total. The van der Waals surface area contributed by atoms with Crippen LogP contribution in [0.25, 0.3) is 11.1 Å². The number of benzene rings is 3. The monoisotopic (exact) mass is 440 g/mol. The Balaban J connectivity index is 1.42. The number of carbonyl (C=O) groups excluding carboxylic acids is 2. The third-order valence-electron chi connectivity index (χ3n) is 4.92. The largest absolute Gasteiger partial charge is 0.465 e. The number of anilines is 1. The minimum absolute atomic E-state index is 0.111. The maximum Gasteiger partial charge on any atom is 0.419 e. The number of amides is 1. The minimum atomic E-state index is -0.488. The van der Waals surface area contributed by atoms with Gasteiger partial charge in [-0.25, -0.2) is 9.59 Å². The van der Waals surface area contributed by atoms with Gasteiger partial charge < -0.3 is 14.5 Å². The first-order chi connectivity index (χ1) is 16.0. The van der Waals surface area contributed by atoms with Crippen molar-refractivity contribution in [1.82, 2.24) is 4.57 Å². The fourth-order valence-corrected chi connectivity index (χ4v) is 3.32. The van der Waals surface area contributed by atoms with Gasteiger partial charge in [-0.3, -0.25) is 9.36 Å². The molecule has 0 aliphatic heterocycles. The summed E-state index contributed by atoms with van der Waals surface area (Å²) in [5.74, 6) is 4.89. The molecule has 1 amide bonds. The van der Waals surface area contributed by atoms with Gasteiger partial charge in [-0.15, -0.1) is 0 Å². The number of ether oxygens (including phenoxy) is 1. The molecule has 1 aromatic heterocycles. The summed E-state index contributed by atoms with van der Waals surface area (Å²) < 4.78 is 11.4. The van der Waals surface area contributed by atoms with Gasteiger partial charge in [0.05, 0.1) is 18.2 Å². The average Bonchev–Trinajstić information content (AvgIpc) is 3.16. The molecule has 0 unspecified atom stereocenters. The van der Waals surface area contributed by atoms with Crippen molar-refractivity contribution in [3.63, 3.8) is 0 Å². The number of hydrogen-bond acceptors (Lipinski definition) is 5. The Morgan fingerprint density at radius 1 is 0.970 bits per heavy atom. The Morgan fingerprint density at radius 2 is 1.70 bits per heavy atom. The predicted molar refractivity (Wildman–Crippen MR) is 124 cm³/mol. The zero-order chi connectivity index (χ0) is 23.2. The molecule has 7 heteroatoms. The summed E-state index contributed by atoms with van der Waals surface area (Å²) in [7, 11) is 1.33. The van der Waals surface area contributed by atoms with Crippen molar-refractivity contribution in [2.24, 2.45) is 0 Å². The van der Waals surface area contributed by atoms with Crippen LogP contribution in [0.5, 0.6) is 0 Å². The number of fused-ring (bicyclic) bond motifs is 1. The summed E-state index contributed by atoms with van der Waals surface area (Å²) in [5, 5.41) is 2.83. The number of methoxy groups -OCH3 is 1. The van der Waals surface area contributed by atoms with Gasteiger partial charge in [0, 0.05) is 29.8 Å². The zero-order valence-electron chi connectivity index (χ0n) is 17.8. The van der Waals surface area contributed by atoms with Crippen LogP contribution in [0.3, 0.4) is 0 Å². The van der Waals surface area contributed by atoms with Gasteiger partial charge in [0.2, 0.25) is 5.91 Å². The van der Waals surface area contributed by atoms with Gasteiger partial charge in [0.15, 0.2) is 5.58 Å². The maximum absolute atomic E-state index is 12.4. The highest BCUT2D eigenvalue weighted by Gasteiger charge is 2.10. The van der Waals surface area contributed by atoms with E-state index in [9.17, 15) is 14.4 Å². The standard InChI is InChI=1S/C26H20N2O5/c1-32-25(30)20-8-4-6-18(16-20)12-13-19-7-5-9-21(17-19)27-24(29)14-15-28-22-10-2-3-11-23(22)33-26(28)31/h2-11,16-17H,14-15H2,1H3,(H,27,29). The highest BCUT2D eigenvalue weighted by atomic mass is 16.5. The van der Waals surface area contributed by atoms with Crippen molar-refractivity contribution in [2.45, 2.75) is 13.0 Å². The van der Waals surface area contributed by atoms with Crippen molar-refractivity contribution in [3.8, 4) is 11.8 Å². The topological polar surface area (TPSA) is 90.5 Å². The average molecular weight is 440 g/mol. The number of esters is 1. The smallest absolute Gasteiger partial charge is 0.419 e. The molecule has 33 heavy (non-hydrogen) atoms. The van der Waals surface area contributed by atoms with Crippen LogP contribution in [0.4, 0.5) is 5.69 Å². The normalized spacial score (nSPS) is 10.3. The van der Waals surface area contributed by atoms with Crippen LogP contribution in [0, 0.1) is 11.8 Å². The maximum atomic E-state index is 12.4. The van der Waals surface area contributed by atoms with E-state index in [1.54, 1.807) is 60.7 Å². The lowest BCUT2D eigenvalue weighted by molar-refractivity contribution is -0.116. The van der Waals surface area contributed by atoms with Crippen molar-refractivity contribution >= 4 is 28.7 Å². The molecule has 0 spiro atoms. The van der Waals surface area contributed by atoms with Crippen molar-refractivity contribution < 1.29 is 18.7 Å². The molecule has 0 bridgehead atoms. The molecular formula is C26H20N2O5. The Bertz CT molecular complexity index is 1450. The van der Waals surface area contributed by atoms with Gasteiger partial charge in [-0.1, -0.05) is 36.1 Å². The molecule has 0 aliphatic rings. The van der Waals surface area contributed by atoms with Gasteiger partial charge >= 0.3 is 11.7 Å². The molecule has 0 saturated carbocycles. The van der Waals surface area contributed by atoms with Gasteiger partial charge in [-0.2, -0.15) is 0 Å². The number of aryl methyl sites for hydroxylation is 1. The first-order valence-electron chi connectivity index (χ1n) is 10.2. The van der Waals surface area contributed by atoms with E-state index in [1.165, 1.54) is 11.7 Å². The first-order valence-corrected chi connectivity index (χ1v) is 10.2. The lowest BCUT2D eigenvalue weighted by Crippen LogP contribution is -2.19. The molecule has 0 radical (unpaired) electrons. The molecule has 4 aromatic rings. The second-order valence-corrected chi connectivity index (χ2v) is 7.19. The summed E-state index contributed by atoms with van der Waals surface area (Å²) in [6.45, 7) is 0.206. The third kappa shape index (κ3) is 5.20. The molecular weight excluding hydrogens is 420 g/mol. The third-order valence-corrected chi connectivity index (χ3v) is 4.92. The number of nitrogens with zero attached hydrogens (tertiary/aromatic N) is 1. The van der Waals surface area contributed by atoms with Crippen LogP contribution in [0.2, 0.25) is 0 Å². The lowest BCUT2D eigenvalue weighted by atomic mass is 10.1. The quantitative estimate of drug-likeness (QED) is 0.377. The fourth-order valence-electron chi connectivity index (χ4n) is 3.32. The van der Waals surface area contributed by atoms with E-state index in [4.69, 9.17) is 9.15 Å². The molecule has 1 N–H and O–H groups in total. The van der Waals surface area contributed by atoms with Gasteiger partial charge in [-0.05, 0) is 48.5 Å². The molecule has 0 atom stereocenters. The number of carbonyl (C=O) groups is 2. The highest BCUT2D eigenvalue weighted by Crippen LogP contribution is 2.14. The van der Waals surface area contributed by atoms with Crippen LogP contribution in [-0.2, 0) is 16.1 Å². The van der Waals surface area contributed by atoms with E-state index in [0.29, 0.717) is 33.5 Å². The van der Waals surface area contributed by atoms with Gasteiger partial charge in [0.1, 0.15) is 0 Å².